The maximum atomic E-state index is 9.37. The molecule has 6 heavy (non-hydrogen) atoms. The highest BCUT2D eigenvalue weighted by molar-refractivity contribution is 5.75. The van der Waals surface area contributed by atoms with Crippen LogP contribution >= 0.6 is 0 Å². The highest BCUT2D eigenvalue weighted by Crippen LogP contribution is 1.67. The van der Waals surface area contributed by atoms with Crippen LogP contribution in [-0.4, -0.2) is 34.1 Å². The molecule has 0 aliphatic rings. The lowest BCUT2D eigenvalue weighted by molar-refractivity contribution is -0.136. The van der Waals surface area contributed by atoms with Gasteiger partial charge in [-0.2, -0.15) is 0 Å². The third-order valence-electron chi connectivity index (χ3n) is 0.302. The number of carbonyl (C=O) groups is 1. The third kappa shape index (κ3) is 8.87. The van der Waals surface area contributed by atoms with Crippen molar-refractivity contribution in [3.63, 3.8) is 0 Å². The maximum Gasteiger partial charge on any atom is 0.316 e. The van der Waals surface area contributed by atoms with E-state index in [2.05, 4.69) is 0 Å². The van der Waals surface area contributed by atoms with Crippen LogP contribution < -0.4 is 0 Å². The second-order valence-electron chi connectivity index (χ2n) is 0.747. The molecule has 0 bridgehead atoms. The van der Waals surface area contributed by atoms with Gasteiger partial charge in [0.05, 0.1) is 0 Å². The zero-order chi connectivity index (χ0) is 4.28. The quantitative estimate of drug-likeness (QED) is 0.454. The van der Waals surface area contributed by atoms with Gasteiger partial charge >= 0.3 is 29.0 Å². The van der Waals surface area contributed by atoms with Crippen molar-refractivity contribution >= 4 is 29.0 Å². The summed E-state index contributed by atoms with van der Waals surface area (Å²) in [6.45, 7) is 1.60. The van der Waals surface area contributed by atoms with Crippen LogP contribution in [0.2, 0.25) is 0 Å². The minimum atomic E-state index is -0.745. The van der Waals surface area contributed by atoms with Crippen molar-refractivity contribution in [2.24, 2.45) is 0 Å². The summed E-state index contributed by atoms with van der Waals surface area (Å²) in [7, 11) is 0. The maximum absolute atomic E-state index is 9.37. The molecule has 0 saturated carbocycles. The van der Waals surface area contributed by atoms with E-state index in [9.17, 15) is 4.79 Å². The van der Waals surface area contributed by atoms with Gasteiger partial charge in [-0.05, 0) is 0 Å². The van der Waals surface area contributed by atoms with Crippen molar-refractivity contribution in [1.82, 2.24) is 0 Å². The first-order valence-electron chi connectivity index (χ1n) is 1.49. The molecule has 0 aromatic rings. The number of carboxylic acid groups (broad SMARTS) is 1. The molecular formula is C3H8MgO2. The average molecular weight is 100 g/mol. The summed E-state index contributed by atoms with van der Waals surface area (Å²) in [6, 6.07) is 0. The van der Waals surface area contributed by atoms with E-state index in [4.69, 9.17) is 5.11 Å². The Morgan fingerprint density at radius 3 is 2.00 bits per heavy atom. The van der Waals surface area contributed by atoms with Gasteiger partial charge in [-0.3, -0.25) is 4.79 Å². The van der Waals surface area contributed by atoms with E-state index in [1.54, 1.807) is 6.92 Å². The Labute approximate surface area is 52.7 Å². The lowest BCUT2D eigenvalue weighted by atomic mass is 10.5. The van der Waals surface area contributed by atoms with E-state index in [1.165, 1.54) is 0 Å². The summed E-state index contributed by atoms with van der Waals surface area (Å²) in [5.74, 6) is -0.745. The third-order valence-corrected chi connectivity index (χ3v) is 0.302. The van der Waals surface area contributed by atoms with Crippen LogP contribution in [0.3, 0.4) is 0 Å². The zero-order valence-electron chi connectivity index (χ0n) is 3.06. The SMILES string of the molecule is CCC(=O)O.[MgH2]. The molecule has 0 atom stereocenters. The first kappa shape index (κ1) is 9.53. The first-order valence-corrected chi connectivity index (χ1v) is 1.49. The van der Waals surface area contributed by atoms with E-state index in [0.29, 0.717) is 0 Å². The molecule has 0 heterocycles. The van der Waals surface area contributed by atoms with Crippen LogP contribution in [0.25, 0.3) is 0 Å². The molecule has 0 spiro atoms. The molecule has 1 N–H and O–H groups in total. The molecule has 0 amide bonds. The minimum absolute atomic E-state index is 0. The molecule has 0 aliphatic carbocycles. The fraction of sp³-hybridized carbons (Fsp3) is 0.667. The van der Waals surface area contributed by atoms with Gasteiger partial charge in [-0.15, -0.1) is 0 Å². The van der Waals surface area contributed by atoms with E-state index in [0.717, 1.165) is 0 Å². The van der Waals surface area contributed by atoms with Gasteiger partial charge in [0.2, 0.25) is 0 Å². The van der Waals surface area contributed by atoms with Crippen molar-refractivity contribution < 1.29 is 9.90 Å². The molecule has 0 aromatic carbocycles. The summed E-state index contributed by atoms with van der Waals surface area (Å²) >= 11 is 0. The van der Waals surface area contributed by atoms with Gasteiger partial charge in [0.15, 0.2) is 0 Å². The molecule has 0 saturated heterocycles. The smallest absolute Gasteiger partial charge is 0.316 e. The molecule has 0 radical (unpaired) electrons. The predicted molar refractivity (Wildman–Crippen MR) is 26.5 cm³/mol. The van der Waals surface area contributed by atoms with Crippen molar-refractivity contribution in [3.8, 4) is 0 Å². The summed E-state index contributed by atoms with van der Waals surface area (Å²) in [4.78, 5) is 9.37. The number of hydrogen-bond acceptors (Lipinski definition) is 1. The fourth-order valence-electron chi connectivity index (χ4n) is 0. The van der Waals surface area contributed by atoms with Crippen molar-refractivity contribution in [2.75, 3.05) is 0 Å². The standard InChI is InChI=1S/C3H6O2.Mg.2H/c1-2-3(4)5;;;/h2H2,1H3,(H,4,5);;;. The Balaban J connectivity index is 0. The Bertz CT molecular complexity index is 44.1. The number of aliphatic carboxylic acids is 1. The van der Waals surface area contributed by atoms with Gasteiger partial charge in [0, 0.05) is 6.42 Å². The van der Waals surface area contributed by atoms with Crippen molar-refractivity contribution in [1.29, 1.82) is 0 Å². The van der Waals surface area contributed by atoms with E-state index < -0.39 is 5.97 Å². The number of rotatable bonds is 1. The highest BCUT2D eigenvalue weighted by Gasteiger charge is 1.80. The monoisotopic (exact) mass is 100 g/mol. The molecule has 0 rings (SSSR count). The van der Waals surface area contributed by atoms with E-state index >= 15 is 0 Å². The Morgan fingerprint density at radius 2 is 2.00 bits per heavy atom. The van der Waals surface area contributed by atoms with Gasteiger partial charge in [-0.1, -0.05) is 6.92 Å². The van der Waals surface area contributed by atoms with Crippen molar-refractivity contribution in [3.05, 3.63) is 0 Å². The molecule has 0 aliphatic heterocycles. The minimum Gasteiger partial charge on any atom is -0.481 e. The summed E-state index contributed by atoms with van der Waals surface area (Å²) in [6.07, 6.45) is 0.222. The van der Waals surface area contributed by atoms with Crippen LogP contribution in [-0.2, 0) is 4.79 Å². The molecule has 0 aromatic heterocycles. The largest absolute Gasteiger partial charge is 0.481 e. The van der Waals surface area contributed by atoms with Crippen LogP contribution in [0.15, 0.2) is 0 Å². The predicted octanol–water partition coefficient (Wildman–Crippen LogP) is -0.435. The topological polar surface area (TPSA) is 37.3 Å². The van der Waals surface area contributed by atoms with Crippen LogP contribution in [0.1, 0.15) is 13.3 Å². The van der Waals surface area contributed by atoms with Crippen LogP contribution in [0.4, 0.5) is 0 Å². The van der Waals surface area contributed by atoms with Gasteiger partial charge in [0.25, 0.3) is 0 Å². The molecule has 2 nitrogen and oxygen atoms in total. The lowest BCUT2D eigenvalue weighted by Gasteiger charge is -1.71. The van der Waals surface area contributed by atoms with Gasteiger partial charge < -0.3 is 5.11 Å². The van der Waals surface area contributed by atoms with Gasteiger partial charge in [-0.25, -0.2) is 0 Å². The second kappa shape index (κ2) is 5.24. The second-order valence-corrected chi connectivity index (χ2v) is 0.747. The summed E-state index contributed by atoms with van der Waals surface area (Å²) in [5, 5.41) is 7.72. The fourth-order valence-corrected chi connectivity index (χ4v) is 0. The normalized spacial score (nSPS) is 6.17. The first-order chi connectivity index (χ1) is 2.27. The molecule has 3 heteroatoms. The van der Waals surface area contributed by atoms with Crippen LogP contribution in [0, 0.1) is 0 Å². The van der Waals surface area contributed by atoms with E-state index in [1.807, 2.05) is 0 Å². The molecule has 34 valence electrons. The van der Waals surface area contributed by atoms with E-state index in [-0.39, 0.29) is 29.5 Å². The molecule has 0 unspecified atom stereocenters. The zero-order valence-corrected chi connectivity index (χ0v) is 3.06. The Morgan fingerprint density at radius 1 is 1.83 bits per heavy atom. The molecule has 0 fully saturated rings. The average Bonchev–Trinajstić information content (AvgIpc) is 1.38. The lowest BCUT2D eigenvalue weighted by Crippen LogP contribution is -1.86. The number of carboxylic acids is 1. The Kier molecular flexibility index (Phi) is 8.32. The molecular weight excluding hydrogens is 92.3 g/mol. The summed E-state index contributed by atoms with van der Waals surface area (Å²) < 4.78 is 0. The number of hydrogen-bond donors (Lipinski definition) is 1. The van der Waals surface area contributed by atoms with Crippen molar-refractivity contribution in [2.45, 2.75) is 13.3 Å². The van der Waals surface area contributed by atoms with Crippen LogP contribution in [0.5, 0.6) is 0 Å². The Hall–Kier alpha value is 0.236. The van der Waals surface area contributed by atoms with Gasteiger partial charge in [0.1, 0.15) is 0 Å². The summed E-state index contributed by atoms with van der Waals surface area (Å²) in [5.41, 5.74) is 0. The highest BCUT2D eigenvalue weighted by atomic mass is 24.3.